The van der Waals surface area contributed by atoms with Gasteiger partial charge in [0.05, 0.1) is 30.0 Å². The van der Waals surface area contributed by atoms with E-state index in [1.807, 2.05) is 36.4 Å². The summed E-state index contributed by atoms with van der Waals surface area (Å²) in [5.74, 6) is -0.544. The minimum absolute atomic E-state index is 0.110. The lowest BCUT2D eigenvalue weighted by Crippen LogP contribution is -2.16. The van der Waals surface area contributed by atoms with Crippen LogP contribution in [0.15, 0.2) is 77.7 Å². The molecule has 5 rings (SSSR count). The van der Waals surface area contributed by atoms with Gasteiger partial charge in [-0.15, -0.1) is 0 Å². The van der Waals surface area contributed by atoms with Gasteiger partial charge in [0.1, 0.15) is 11.8 Å². The summed E-state index contributed by atoms with van der Waals surface area (Å²) >= 11 is 6.20. The van der Waals surface area contributed by atoms with Gasteiger partial charge in [-0.2, -0.15) is 0 Å². The highest BCUT2D eigenvalue weighted by Crippen LogP contribution is 2.33. The number of ether oxygens (including phenoxy) is 1. The topological polar surface area (TPSA) is 130 Å². The summed E-state index contributed by atoms with van der Waals surface area (Å²) in [6.45, 7) is 1.74. The molecule has 2 heterocycles. The molecule has 2 aromatic heterocycles. The molecule has 1 unspecified atom stereocenters. The van der Waals surface area contributed by atoms with Crippen LogP contribution in [0.3, 0.4) is 0 Å². The van der Waals surface area contributed by atoms with Crippen molar-refractivity contribution in [1.29, 1.82) is 0 Å². The van der Waals surface area contributed by atoms with Gasteiger partial charge in [0.25, 0.3) is 0 Å². The summed E-state index contributed by atoms with van der Waals surface area (Å²) in [4.78, 5) is 31.1. The molecule has 0 aliphatic heterocycles. The zero-order valence-corrected chi connectivity index (χ0v) is 20.3. The Morgan fingerprint density at radius 3 is 2.62 bits per heavy atom. The number of hydrogen-bond donors (Lipinski definition) is 3. The Labute approximate surface area is 216 Å². The van der Waals surface area contributed by atoms with E-state index in [1.165, 1.54) is 6.20 Å². The first-order valence-corrected chi connectivity index (χ1v) is 11.7. The van der Waals surface area contributed by atoms with E-state index >= 15 is 0 Å². The van der Waals surface area contributed by atoms with Crippen LogP contribution in [0.25, 0.3) is 33.5 Å². The van der Waals surface area contributed by atoms with Crippen LogP contribution in [0.1, 0.15) is 24.2 Å². The first kappa shape index (κ1) is 24.1. The predicted octanol–water partition coefficient (Wildman–Crippen LogP) is 6.48. The van der Waals surface area contributed by atoms with Gasteiger partial charge in [-0.25, -0.2) is 9.78 Å². The van der Waals surface area contributed by atoms with Gasteiger partial charge in [0.15, 0.2) is 5.76 Å². The van der Waals surface area contributed by atoms with Crippen molar-refractivity contribution in [3.8, 4) is 22.5 Å². The Kier molecular flexibility index (Phi) is 6.61. The van der Waals surface area contributed by atoms with Crippen LogP contribution in [-0.2, 0) is 16.0 Å². The van der Waals surface area contributed by atoms with Gasteiger partial charge in [-0.3, -0.25) is 10.1 Å². The second-order valence-electron chi connectivity index (χ2n) is 8.31. The van der Waals surface area contributed by atoms with Crippen LogP contribution in [0, 0.1) is 0 Å². The smallest absolute Gasteiger partial charge is 0.412 e. The SMILES string of the molecule is CC(OC(=O)Nc1cnoc1-c1ccc(-c2ccc(CC(=O)O)c3nc[nH]c23)cc1)c1ccccc1Cl. The molecule has 1 amide bonds. The number of anilines is 1. The van der Waals surface area contributed by atoms with Gasteiger partial charge in [-0.1, -0.05) is 71.4 Å². The number of nitrogens with one attached hydrogen (secondary N) is 2. The van der Waals surface area contributed by atoms with Gasteiger partial charge >= 0.3 is 12.1 Å². The molecule has 37 heavy (non-hydrogen) atoms. The molecular weight excluding hydrogens is 496 g/mol. The van der Waals surface area contributed by atoms with Crippen LogP contribution in [-0.4, -0.2) is 32.3 Å². The Hall–Kier alpha value is -4.63. The third kappa shape index (κ3) is 5.03. The second-order valence-corrected chi connectivity index (χ2v) is 8.72. The van der Waals surface area contributed by atoms with Crippen LogP contribution in [0.4, 0.5) is 10.5 Å². The lowest BCUT2D eigenvalue weighted by molar-refractivity contribution is -0.136. The van der Waals surface area contributed by atoms with E-state index in [0.717, 1.165) is 16.6 Å². The van der Waals surface area contributed by atoms with Crippen molar-refractivity contribution in [1.82, 2.24) is 15.1 Å². The molecule has 9 nitrogen and oxygen atoms in total. The zero-order chi connectivity index (χ0) is 25.9. The number of H-pyrrole nitrogens is 1. The van der Waals surface area contributed by atoms with E-state index in [4.69, 9.17) is 26.0 Å². The number of halogens is 1. The van der Waals surface area contributed by atoms with E-state index in [-0.39, 0.29) is 6.42 Å². The summed E-state index contributed by atoms with van der Waals surface area (Å²) in [6.07, 6.45) is 1.61. The number of rotatable bonds is 7. The van der Waals surface area contributed by atoms with Crippen molar-refractivity contribution in [2.45, 2.75) is 19.4 Å². The van der Waals surface area contributed by atoms with E-state index in [9.17, 15) is 9.59 Å². The molecular formula is C27H21ClN4O5. The van der Waals surface area contributed by atoms with Gasteiger partial charge < -0.3 is 19.4 Å². The van der Waals surface area contributed by atoms with Crippen molar-refractivity contribution in [3.05, 3.63) is 89.3 Å². The number of carbonyl (C=O) groups excluding carboxylic acids is 1. The highest BCUT2D eigenvalue weighted by Gasteiger charge is 2.19. The van der Waals surface area contributed by atoms with Crippen molar-refractivity contribution >= 4 is 40.4 Å². The molecule has 0 aliphatic carbocycles. The summed E-state index contributed by atoms with van der Waals surface area (Å²) < 4.78 is 10.9. The monoisotopic (exact) mass is 516 g/mol. The van der Waals surface area contributed by atoms with Gasteiger partial charge in [0.2, 0.25) is 0 Å². The molecule has 0 radical (unpaired) electrons. The van der Waals surface area contributed by atoms with Crippen molar-refractivity contribution < 1.29 is 24.0 Å². The lowest BCUT2D eigenvalue weighted by Gasteiger charge is -2.15. The molecule has 0 saturated carbocycles. The fraction of sp³-hybridized carbons (Fsp3) is 0.111. The third-order valence-electron chi connectivity index (χ3n) is 5.90. The number of imidazole rings is 1. The van der Waals surface area contributed by atoms with Crippen molar-refractivity contribution in [2.75, 3.05) is 5.32 Å². The number of fused-ring (bicyclic) bond motifs is 1. The first-order chi connectivity index (χ1) is 17.9. The average Bonchev–Trinajstić information content (AvgIpc) is 3.55. The number of hydrogen-bond acceptors (Lipinski definition) is 6. The number of aliphatic carboxylic acids is 1. The Balaban J connectivity index is 1.34. The lowest BCUT2D eigenvalue weighted by atomic mass is 9.99. The molecule has 0 spiro atoms. The average molecular weight is 517 g/mol. The van der Waals surface area contributed by atoms with Crippen LogP contribution < -0.4 is 5.32 Å². The maximum atomic E-state index is 12.5. The van der Waals surface area contributed by atoms with E-state index < -0.39 is 18.2 Å². The van der Waals surface area contributed by atoms with E-state index in [1.54, 1.807) is 37.5 Å². The Morgan fingerprint density at radius 1 is 1.11 bits per heavy atom. The molecule has 3 aromatic carbocycles. The minimum Gasteiger partial charge on any atom is -0.481 e. The van der Waals surface area contributed by atoms with Crippen molar-refractivity contribution in [2.24, 2.45) is 0 Å². The standard InChI is InChI=1S/C27H21ClN4O5/c1-15(19-4-2-3-5-21(19)28)36-27(35)32-22-13-31-37-26(22)17-8-6-16(7-9-17)20-11-10-18(12-23(33)34)24-25(20)30-14-29-24/h2-11,13-15H,12H2,1H3,(H,29,30)(H,32,35)(H,33,34). The number of carboxylic acid groups (broad SMARTS) is 1. The molecule has 10 heteroatoms. The Bertz CT molecular complexity index is 1590. The molecule has 3 N–H and O–H groups in total. The molecule has 0 saturated heterocycles. The van der Waals surface area contributed by atoms with E-state index in [0.29, 0.717) is 38.7 Å². The number of amides is 1. The fourth-order valence-corrected chi connectivity index (χ4v) is 4.43. The number of carboxylic acids is 1. The molecule has 0 bridgehead atoms. The highest BCUT2D eigenvalue weighted by atomic mass is 35.5. The molecule has 0 aliphatic rings. The van der Waals surface area contributed by atoms with Gasteiger partial charge in [-0.05, 0) is 24.1 Å². The highest BCUT2D eigenvalue weighted by molar-refractivity contribution is 6.31. The normalized spacial score (nSPS) is 11.8. The number of aromatic amines is 1. The molecule has 186 valence electrons. The number of carbonyl (C=O) groups is 2. The third-order valence-corrected chi connectivity index (χ3v) is 6.24. The number of aromatic nitrogens is 3. The van der Waals surface area contributed by atoms with Gasteiger partial charge in [0, 0.05) is 21.7 Å². The zero-order valence-electron chi connectivity index (χ0n) is 19.6. The largest absolute Gasteiger partial charge is 0.481 e. The maximum Gasteiger partial charge on any atom is 0.412 e. The van der Waals surface area contributed by atoms with E-state index in [2.05, 4.69) is 20.4 Å². The molecule has 0 fully saturated rings. The Morgan fingerprint density at radius 2 is 1.86 bits per heavy atom. The first-order valence-electron chi connectivity index (χ1n) is 11.3. The number of benzene rings is 3. The summed E-state index contributed by atoms with van der Waals surface area (Å²) in [7, 11) is 0. The quantitative estimate of drug-likeness (QED) is 0.226. The predicted molar refractivity (Wildman–Crippen MR) is 138 cm³/mol. The maximum absolute atomic E-state index is 12.5. The minimum atomic E-state index is -0.917. The summed E-state index contributed by atoms with van der Waals surface area (Å²) in [5, 5.41) is 16.2. The summed E-state index contributed by atoms with van der Waals surface area (Å²) in [6, 6.07) is 18.3. The summed E-state index contributed by atoms with van der Waals surface area (Å²) in [5.41, 5.74) is 5.53. The molecule has 1 atom stereocenters. The van der Waals surface area contributed by atoms with Crippen molar-refractivity contribution in [3.63, 3.8) is 0 Å². The molecule has 5 aromatic rings. The fourth-order valence-electron chi connectivity index (χ4n) is 4.14. The second kappa shape index (κ2) is 10.2. The van der Waals surface area contributed by atoms with Crippen LogP contribution >= 0.6 is 11.6 Å². The number of nitrogens with zero attached hydrogens (tertiary/aromatic N) is 2. The van der Waals surface area contributed by atoms with Crippen LogP contribution in [0.5, 0.6) is 0 Å². The van der Waals surface area contributed by atoms with Crippen LogP contribution in [0.2, 0.25) is 5.02 Å².